The first kappa shape index (κ1) is 14.3. The van der Waals surface area contributed by atoms with Crippen LogP contribution >= 0.6 is 0 Å². The van der Waals surface area contributed by atoms with Gasteiger partial charge in [-0.1, -0.05) is 5.92 Å². The molecule has 7 heteroatoms. The summed E-state index contributed by atoms with van der Waals surface area (Å²) in [4.78, 5) is 14.9. The Balaban J connectivity index is 2.26. The molecule has 1 N–H and O–H groups in total. The third kappa shape index (κ3) is 3.48. The normalized spacial score (nSPS) is 15.6. The number of rotatable bonds is 4. The summed E-state index contributed by atoms with van der Waals surface area (Å²) in [5, 5.41) is 2.90. The van der Waals surface area contributed by atoms with Gasteiger partial charge in [0.15, 0.2) is 5.60 Å². The van der Waals surface area contributed by atoms with E-state index in [0.717, 1.165) is 13.1 Å². The van der Waals surface area contributed by atoms with Crippen molar-refractivity contribution in [2.45, 2.75) is 19.4 Å². The Labute approximate surface area is 118 Å². The molecule has 20 heavy (non-hydrogen) atoms. The second-order valence-corrected chi connectivity index (χ2v) is 4.85. The van der Waals surface area contributed by atoms with E-state index in [1.165, 1.54) is 0 Å². The lowest BCUT2D eigenvalue weighted by Crippen LogP contribution is -2.37. The van der Waals surface area contributed by atoms with Gasteiger partial charge in [0.2, 0.25) is 11.9 Å². The van der Waals surface area contributed by atoms with Gasteiger partial charge in [-0.15, -0.1) is 6.42 Å². The minimum atomic E-state index is -0.769. The zero-order chi connectivity index (χ0) is 14.6. The summed E-state index contributed by atoms with van der Waals surface area (Å²) >= 11 is 0. The van der Waals surface area contributed by atoms with Crippen molar-refractivity contribution in [2.24, 2.45) is 0 Å². The number of hydrogen-bond acceptors (Lipinski definition) is 7. The van der Waals surface area contributed by atoms with Crippen molar-refractivity contribution in [2.75, 3.05) is 43.6 Å². The Hall–Kier alpha value is -2.07. The fraction of sp³-hybridized carbons (Fsp3) is 0.615. The van der Waals surface area contributed by atoms with Crippen molar-refractivity contribution in [3.63, 3.8) is 0 Å². The first-order chi connectivity index (χ1) is 9.54. The second-order valence-electron chi connectivity index (χ2n) is 4.85. The topological polar surface area (TPSA) is 72.4 Å². The van der Waals surface area contributed by atoms with Crippen LogP contribution < -0.4 is 15.0 Å². The van der Waals surface area contributed by atoms with Crippen molar-refractivity contribution in [1.29, 1.82) is 0 Å². The SMILES string of the molecule is C#CC(C)(C)Oc1nc(NC)nc(N2CCOCC2)n1. The van der Waals surface area contributed by atoms with Crippen LogP contribution in [0.2, 0.25) is 0 Å². The van der Waals surface area contributed by atoms with Crippen molar-refractivity contribution in [3.8, 4) is 18.4 Å². The molecule has 0 aliphatic carbocycles. The average molecular weight is 277 g/mol. The van der Waals surface area contributed by atoms with Crippen LogP contribution in [0.1, 0.15) is 13.8 Å². The maximum absolute atomic E-state index is 5.63. The molecule has 108 valence electrons. The molecule has 2 rings (SSSR count). The minimum Gasteiger partial charge on any atom is -0.444 e. The van der Waals surface area contributed by atoms with E-state index in [0.29, 0.717) is 25.1 Å². The van der Waals surface area contributed by atoms with Crippen molar-refractivity contribution >= 4 is 11.9 Å². The fourth-order valence-corrected chi connectivity index (χ4v) is 1.67. The number of aromatic nitrogens is 3. The predicted molar refractivity (Wildman–Crippen MR) is 75.9 cm³/mol. The first-order valence-corrected chi connectivity index (χ1v) is 6.47. The molecule has 2 heterocycles. The lowest BCUT2D eigenvalue weighted by Gasteiger charge is -2.27. The summed E-state index contributed by atoms with van der Waals surface area (Å²) in [5.41, 5.74) is -0.769. The highest BCUT2D eigenvalue weighted by molar-refractivity contribution is 5.38. The molecule has 0 spiro atoms. The predicted octanol–water partition coefficient (Wildman–Crippen LogP) is 0.540. The zero-order valence-corrected chi connectivity index (χ0v) is 12.0. The first-order valence-electron chi connectivity index (χ1n) is 6.47. The Morgan fingerprint density at radius 3 is 2.60 bits per heavy atom. The van der Waals surface area contributed by atoms with Crippen LogP contribution in [0.15, 0.2) is 0 Å². The summed E-state index contributed by atoms with van der Waals surface area (Å²) in [6, 6.07) is 0.216. The van der Waals surface area contributed by atoms with Crippen LogP contribution in [0.3, 0.4) is 0 Å². The molecular formula is C13H19N5O2. The summed E-state index contributed by atoms with van der Waals surface area (Å²) in [6.07, 6.45) is 5.42. The molecule has 0 bridgehead atoms. The van der Waals surface area contributed by atoms with Crippen molar-refractivity contribution in [1.82, 2.24) is 15.0 Å². The molecule has 0 saturated carbocycles. The molecule has 0 amide bonds. The van der Waals surface area contributed by atoms with Gasteiger partial charge in [0, 0.05) is 20.1 Å². The number of morpholine rings is 1. The molecule has 1 aliphatic rings. The van der Waals surface area contributed by atoms with Gasteiger partial charge in [0.25, 0.3) is 0 Å². The van der Waals surface area contributed by atoms with Gasteiger partial charge in [-0.3, -0.25) is 0 Å². The maximum atomic E-state index is 5.63. The maximum Gasteiger partial charge on any atom is 0.324 e. The van der Waals surface area contributed by atoms with Gasteiger partial charge >= 0.3 is 6.01 Å². The number of hydrogen-bond donors (Lipinski definition) is 1. The second kappa shape index (κ2) is 5.92. The summed E-state index contributed by atoms with van der Waals surface area (Å²) in [7, 11) is 1.74. The van der Waals surface area contributed by atoms with E-state index in [9.17, 15) is 0 Å². The molecule has 0 radical (unpaired) electrons. The molecular weight excluding hydrogens is 258 g/mol. The van der Waals surface area contributed by atoms with Crippen LogP contribution in [0.5, 0.6) is 6.01 Å². The number of nitrogens with zero attached hydrogens (tertiary/aromatic N) is 4. The lowest BCUT2D eigenvalue weighted by atomic mass is 10.2. The number of anilines is 2. The van der Waals surface area contributed by atoms with Crippen LogP contribution in [-0.2, 0) is 4.74 Å². The van der Waals surface area contributed by atoms with Gasteiger partial charge in [-0.2, -0.15) is 15.0 Å². The standard InChI is InChI=1S/C13H19N5O2/c1-5-13(2,3)20-12-16-10(14-4)15-11(17-12)18-6-8-19-9-7-18/h1H,6-9H2,2-4H3,(H,14,15,16,17). The van der Waals surface area contributed by atoms with E-state index >= 15 is 0 Å². The highest BCUT2D eigenvalue weighted by Crippen LogP contribution is 2.19. The number of terminal acetylenes is 1. The highest BCUT2D eigenvalue weighted by atomic mass is 16.5. The van der Waals surface area contributed by atoms with Gasteiger partial charge in [-0.25, -0.2) is 0 Å². The van der Waals surface area contributed by atoms with E-state index in [4.69, 9.17) is 15.9 Å². The summed E-state index contributed by atoms with van der Waals surface area (Å²) in [5.74, 6) is 3.56. The number of nitrogens with one attached hydrogen (secondary N) is 1. The average Bonchev–Trinajstić information content (AvgIpc) is 2.47. The molecule has 1 fully saturated rings. The molecule has 0 atom stereocenters. The minimum absolute atomic E-state index is 0.216. The monoisotopic (exact) mass is 277 g/mol. The van der Waals surface area contributed by atoms with E-state index in [-0.39, 0.29) is 6.01 Å². The lowest BCUT2D eigenvalue weighted by molar-refractivity contribution is 0.121. The third-order valence-corrected chi connectivity index (χ3v) is 2.81. The van der Waals surface area contributed by atoms with E-state index < -0.39 is 5.60 Å². The summed E-state index contributed by atoms with van der Waals surface area (Å²) in [6.45, 7) is 6.37. The van der Waals surface area contributed by atoms with Crippen LogP contribution in [0, 0.1) is 12.3 Å². The zero-order valence-electron chi connectivity index (χ0n) is 12.0. The molecule has 1 saturated heterocycles. The van der Waals surface area contributed by atoms with E-state index in [1.807, 2.05) is 4.90 Å². The van der Waals surface area contributed by atoms with Crippen molar-refractivity contribution < 1.29 is 9.47 Å². The Kier molecular flexibility index (Phi) is 4.25. The van der Waals surface area contributed by atoms with Crippen LogP contribution in [-0.4, -0.2) is 53.9 Å². The molecule has 1 aliphatic heterocycles. The Morgan fingerprint density at radius 2 is 2.00 bits per heavy atom. The van der Waals surface area contributed by atoms with Crippen LogP contribution in [0.25, 0.3) is 0 Å². The van der Waals surface area contributed by atoms with Gasteiger partial charge in [-0.05, 0) is 13.8 Å². The largest absolute Gasteiger partial charge is 0.444 e. The van der Waals surface area contributed by atoms with Crippen LogP contribution in [0.4, 0.5) is 11.9 Å². The van der Waals surface area contributed by atoms with Gasteiger partial charge in [0.05, 0.1) is 13.2 Å². The smallest absolute Gasteiger partial charge is 0.324 e. The molecule has 1 aromatic heterocycles. The fourth-order valence-electron chi connectivity index (χ4n) is 1.67. The molecule has 0 unspecified atom stereocenters. The van der Waals surface area contributed by atoms with E-state index in [2.05, 4.69) is 26.2 Å². The molecule has 0 aromatic carbocycles. The summed E-state index contributed by atoms with van der Waals surface area (Å²) < 4.78 is 10.9. The molecule has 1 aromatic rings. The quantitative estimate of drug-likeness (QED) is 0.805. The Morgan fingerprint density at radius 1 is 1.30 bits per heavy atom. The highest BCUT2D eigenvalue weighted by Gasteiger charge is 2.21. The molecule has 7 nitrogen and oxygen atoms in total. The number of ether oxygens (including phenoxy) is 2. The van der Waals surface area contributed by atoms with E-state index in [1.54, 1.807) is 20.9 Å². The Bertz CT molecular complexity index is 506. The third-order valence-electron chi connectivity index (χ3n) is 2.81. The van der Waals surface area contributed by atoms with Gasteiger partial charge < -0.3 is 19.7 Å². The van der Waals surface area contributed by atoms with Crippen molar-refractivity contribution in [3.05, 3.63) is 0 Å². The van der Waals surface area contributed by atoms with Gasteiger partial charge in [0.1, 0.15) is 0 Å².